The Morgan fingerprint density at radius 2 is 1.81 bits per heavy atom. The van der Waals surface area contributed by atoms with Crippen LogP contribution in [0.15, 0.2) is 48.7 Å². The van der Waals surface area contributed by atoms with E-state index in [1.807, 2.05) is 4.90 Å². The molecule has 0 atom stereocenters. The maximum atomic E-state index is 13.0. The van der Waals surface area contributed by atoms with Gasteiger partial charge in [0.25, 0.3) is 0 Å². The van der Waals surface area contributed by atoms with E-state index in [1.165, 1.54) is 37.2 Å². The summed E-state index contributed by atoms with van der Waals surface area (Å²) in [4.78, 5) is 6.06. The van der Waals surface area contributed by atoms with Gasteiger partial charge in [0.15, 0.2) is 0 Å². The number of anilines is 1. The minimum absolute atomic E-state index is 0.215. The van der Waals surface area contributed by atoms with Gasteiger partial charge >= 0.3 is 0 Å². The van der Waals surface area contributed by atoms with Crippen LogP contribution < -0.4 is 4.90 Å². The van der Waals surface area contributed by atoms with Gasteiger partial charge < -0.3 is 9.64 Å². The van der Waals surface area contributed by atoms with Gasteiger partial charge in [0.05, 0.1) is 6.61 Å². The van der Waals surface area contributed by atoms with Crippen LogP contribution in [0.1, 0.15) is 40.0 Å². The first kappa shape index (κ1) is 23.1. The highest BCUT2D eigenvalue weighted by molar-refractivity contribution is 7.80. The summed E-state index contributed by atoms with van der Waals surface area (Å²) in [7, 11) is 0. The standard InChI is InChI=1S/C16H24FNOS.C5H4FN/c1-4-5-6-11-19-12-16(20)18(13(2)3)15-9-7-14(17)8-10-15;6-5-3-1-2-4-7-5/h7-10,13H,4-6,11-12H2,1-3H3;1-4H. The normalized spacial score (nSPS) is 10.3. The van der Waals surface area contributed by atoms with Gasteiger partial charge in [0.2, 0.25) is 5.95 Å². The first-order valence-electron chi connectivity index (χ1n) is 9.17. The van der Waals surface area contributed by atoms with Gasteiger partial charge in [-0.15, -0.1) is 0 Å². The van der Waals surface area contributed by atoms with E-state index < -0.39 is 5.95 Å². The van der Waals surface area contributed by atoms with Crippen LogP contribution in [0.2, 0.25) is 0 Å². The number of pyridine rings is 1. The number of hydrogen-bond donors (Lipinski definition) is 0. The highest BCUT2D eigenvalue weighted by Crippen LogP contribution is 2.18. The molecule has 0 saturated heterocycles. The van der Waals surface area contributed by atoms with E-state index in [2.05, 4.69) is 25.8 Å². The number of thiocarbonyl (C=S) groups is 1. The fourth-order valence-electron chi connectivity index (χ4n) is 2.36. The highest BCUT2D eigenvalue weighted by Gasteiger charge is 2.15. The lowest BCUT2D eigenvalue weighted by Gasteiger charge is -2.29. The number of benzene rings is 1. The van der Waals surface area contributed by atoms with E-state index in [9.17, 15) is 8.78 Å². The summed E-state index contributed by atoms with van der Waals surface area (Å²) in [6.07, 6.45) is 4.84. The van der Waals surface area contributed by atoms with E-state index >= 15 is 0 Å². The molecule has 0 fully saturated rings. The lowest BCUT2D eigenvalue weighted by molar-refractivity contribution is 0.167. The van der Waals surface area contributed by atoms with Crippen molar-refractivity contribution in [3.05, 3.63) is 60.4 Å². The summed E-state index contributed by atoms with van der Waals surface area (Å²) in [5, 5.41) is 0. The van der Waals surface area contributed by atoms with E-state index in [4.69, 9.17) is 17.0 Å². The largest absolute Gasteiger partial charge is 0.374 e. The molecule has 0 bridgehead atoms. The molecule has 0 N–H and O–H groups in total. The third-order valence-corrected chi connectivity index (χ3v) is 3.95. The molecule has 1 aromatic carbocycles. The molecule has 0 saturated carbocycles. The van der Waals surface area contributed by atoms with Crippen LogP contribution in [0.3, 0.4) is 0 Å². The number of rotatable bonds is 8. The summed E-state index contributed by atoms with van der Waals surface area (Å²) < 4.78 is 30.4. The Balaban J connectivity index is 0.000000433. The van der Waals surface area contributed by atoms with Crippen LogP contribution in [0.5, 0.6) is 0 Å². The molecule has 6 heteroatoms. The quantitative estimate of drug-likeness (QED) is 0.321. The Morgan fingerprint density at radius 3 is 2.30 bits per heavy atom. The topological polar surface area (TPSA) is 25.4 Å². The molecule has 0 amide bonds. The van der Waals surface area contributed by atoms with Crippen molar-refractivity contribution in [3.8, 4) is 0 Å². The van der Waals surface area contributed by atoms with Crippen molar-refractivity contribution in [1.29, 1.82) is 0 Å². The molecule has 27 heavy (non-hydrogen) atoms. The van der Waals surface area contributed by atoms with Crippen LogP contribution in [0.4, 0.5) is 14.5 Å². The molecule has 0 aliphatic carbocycles. The SMILES string of the molecule is CCCCCOCC(=S)N(c1ccc(F)cc1)C(C)C.Fc1ccccn1. The summed E-state index contributed by atoms with van der Waals surface area (Å²) in [5.74, 6) is -0.665. The smallest absolute Gasteiger partial charge is 0.212 e. The summed E-state index contributed by atoms with van der Waals surface area (Å²) in [6, 6.07) is 11.2. The number of nitrogens with zero attached hydrogens (tertiary/aromatic N) is 2. The van der Waals surface area contributed by atoms with E-state index in [0.717, 1.165) is 23.7 Å². The molecule has 3 nitrogen and oxygen atoms in total. The molecule has 1 heterocycles. The Kier molecular flexibility index (Phi) is 11.4. The number of aromatic nitrogens is 1. The predicted octanol–water partition coefficient (Wildman–Crippen LogP) is 5.80. The van der Waals surface area contributed by atoms with Crippen molar-refractivity contribution in [2.24, 2.45) is 0 Å². The molecular formula is C21H28F2N2OS. The van der Waals surface area contributed by atoms with Crippen LogP contribution in [-0.4, -0.2) is 29.2 Å². The fourth-order valence-corrected chi connectivity index (χ4v) is 2.76. The second kappa shape index (κ2) is 13.3. The van der Waals surface area contributed by atoms with Gasteiger partial charge in [-0.05, 0) is 56.7 Å². The van der Waals surface area contributed by atoms with Gasteiger partial charge in [-0.2, -0.15) is 4.39 Å². The third-order valence-electron chi connectivity index (χ3n) is 3.64. The lowest BCUT2D eigenvalue weighted by atomic mass is 10.2. The van der Waals surface area contributed by atoms with Gasteiger partial charge in [-0.1, -0.05) is 38.0 Å². The number of unbranched alkanes of at least 4 members (excludes halogenated alkanes) is 2. The zero-order valence-electron chi connectivity index (χ0n) is 16.2. The van der Waals surface area contributed by atoms with Crippen molar-refractivity contribution in [2.75, 3.05) is 18.1 Å². The van der Waals surface area contributed by atoms with Crippen molar-refractivity contribution < 1.29 is 13.5 Å². The van der Waals surface area contributed by atoms with Crippen LogP contribution in [0.25, 0.3) is 0 Å². The molecule has 148 valence electrons. The van der Waals surface area contributed by atoms with E-state index in [-0.39, 0.29) is 11.9 Å². The molecule has 2 aromatic rings. The molecule has 2 rings (SSSR count). The zero-order chi connectivity index (χ0) is 20.1. The molecule has 0 aliphatic heterocycles. The van der Waals surface area contributed by atoms with E-state index in [1.54, 1.807) is 24.3 Å². The van der Waals surface area contributed by atoms with Gasteiger partial charge in [-0.3, -0.25) is 0 Å². The molecule has 0 spiro atoms. The fraction of sp³-hybridized carbons (Fsp3) is 0.429. The summed E-state index contributed by atoms with van der Waals surface area (Å²) in [5.41, 5.74) is 0.906. The molecule has 0 unspecified atom stereocenters. The highest BCUT2D eigenvalue weighted by atomic mass is 32.1. The number of hydrogen-bond acceptors (Lipinski definition) is 3. The number of halogens is 2. The molecule has 0 radical (unpaired) electrons. The van der Waals surface area contributed by atoms with Crippen molar-refractivity contribution in [2.45, 2.75) is 46.1 Å². The molecule has 1 aromatic heterocycles. The second-order valence-corrected chi connectivity index (χ2v) is 6.72. The Bertz CT molecular complexity index is 651. The zero-order valence-corrected chi connectivity index (χ0v) is 17.0. The van der Waals surface area contributed by atoms with Gasteiger partial charge in [0.1, 0.15) is 10.8 Å². The predicted molar refractivity (Wildman–Crippen MR) is 111 cm³/mol. The average Bonchev–Trinajstić information content (AvgIpc) is 2.64. The minimum atomic E-state index is -0.428. The summed E-state index contributed by atoms with van der Waals surface area (Å²) in [6.45, 7) is 7.47. The Hall–Kier alpha value is -1.92. The van der Waals surface area contributed by atoms with Crippen LogP contribution in [-0.2, 0) is 4.74 Å². The maximum Gasteiger partial charge on any atom is 0.212 e. The summed E-state index contributed by atoms with van der Waals surface area (Å²) >= 11 is 5.45. The van der Waals surface area contributed by atoms with Crippen molar-refractivity contribution in [3.63, 3.8) is 0 Å². The van der Waals surface area contributed by atoms with Crippen LogP contribution in [0, 0.1) is 11.8 Å². The number of ether oxygens (including phenoxy) is 1. The third kappa shape index (κ3) is 9.54. The second-order valence-electron chi connectivity index (χ2n) is 6.25. The first-order valence-corrected chi connectivity index (χ1v) is 9.58. The first-order chi connectivity index (χ1) is 13.0. The molecular weight excluding hydrogens is 366 g/mol. The van der Waals surface area contributed by atoms with E-state index in [0.29, 0.717) is 6.61 Å². The van der Waals surface area contributed by atoms with Crippen LogP contribution >= 0.6 is 12.2 Å². The van der Waals surface area contributed by atoms with Crippen molar-refractivity contribution in [1.82, 2.24) is 4.98 Å². The Labute approximate surface area is 166 Å². The monoisotopic (exact) mass is 394 g/mol. The lowest BCUT2D eigenvalue weighted by Crippen LogP contribution is -2.38. The van der Waals surface area contributed by atoms with Gasteiger partial charge in [0, 0.05) is 24.5 Å². The maximum absolute atomic E-state index is 13.0. The minimum Gasteiger partial charge on any atom is -0.374 e. The van der Waals surface area contributed by atoms with Gasteiger partial charge in [-0.25, -0.2) is 9.37 Å². The Morgan fingerprint density at radius 1 is 1.11 bits per heavy atom. The average molecular weight is 395 g/mol. The molecule has 0 aliphatic rings. The van der Waals surface area contributed by atoms with Crippen molar-refractivity contribution >= 4 is 22.9 Å².